The van der Waals surface area contributed by atoms with E-state index in [4.69, 9.17) is 0 Å². The summed E-state index contributed by atoms with van der Waals surface area (Å²) in [5, 5.41) is 4.62. The first kappa shape index (κ1) is 20.7. The van der Waals surface area contributed by atoms with E-state index in [2.05, 4.69) is 15.0 Å². The van der Waals surface area contributed by atoms with Gasteiger partial charge in [0.05, 0.1) is 11.4 Å². The SMILES string of the molecule is O=C1CC(=O)N(c2ccc(NS(=O)(=O)c3cccnc3)cc2)c2ccc3ccccc3c2N1. The number of carbonyl (C=O) groups excluding carboxylic acids is 2. The minimum Gasteiger partial charge on any atom is -0.323 e. The van der Waals surface area contributed by atoms with Crippen molar-refractivity contribution in [3.63, 3.8) is 0 Å². The van der Waals surface area contributed by atoms with Gasteiger partial charge >= 0.3 is 0 Å². The molecule has 0 atom stereocenters. The van der Waals surface area contributed by atoms with Crippen molar-refractivity contribution in [3.05, 3.63) is 85.2 Å². The van der Waals surface area contributed by atoms with Crippen molar-refractivity contribution >= 4 is 55.4 Å². The van der Waals surface area contributed by atoms with Gasteiger partial charge in [-0.25, -0.2) is 8.42 Å². The van der Waals surface area contributed by atoms with Crippen LogP contribution in [0.2, 0.25) is 0 Å². The molecular formula is C24H18N4O4S. The molecule has 0 saturated heterocycles. The number of nitrogens with zero attached hydrogens (tertiary/aromatic N) is 2. The van der Waals surface area contributed by atoms with Gasteiger partial charge in [-0.05, 0) is 47.9 Å². The van der Waals surface area contributed by atoms with Gasteiger partial charge in [-0.1, -0.05) is 30.3 Å². The largest absolute Gasteiger partial charge is 0.323 e. The highest BCUT2D eigenvalue weighted by Crippen LogP contribution is 2.40. The Morgan fingerprint density at radius 1 is 0.909 bits per heavy atom. The van der Waals surface area contributed by atoms with E-state index in [1.807, 2.05) is 30.3 Å². The molecule has 3 aromatic carbocycles. The molecule has 164 valence electrons. The minimum atomic E-state index is -3.80. The number of hydrogen-bond donors (Lipinski definition) is 2. The predicted octanol–water partition coefficient (Wildman–Crippen LogP) is 4.04. The minimum absolute atomic E-state index is 0.0437. The Morgan fingerprint density at radius 3 is 2.45 bits per heavy atom. The second-order valence-electron chi connectivity index (χ2n) is 7.48. The van der Waals surface area contributed by atoms with Crippen molar-refractivity contribution in [1.82, 2.24) is 4.98 Å². The van der Waals surface area contributed by atoms with E-state index in [0.29, 0.717) is 22.7 Å². The number of anilines is 4. The third-order valence-electron chi connectivity index (χ3n) is 5.30. The molecule has 0 radical (unpaired) electrons. The molecule has 2 amide bonds. The molecule has 5 rings (SSSR count). The van der Waals surface area contributed by atoms with Crippen LogP contribution in [0.1, 0.15) is 6.42 Å². The van der Waals surface area contributed by atoms with Crippen LogP contribution >= 0.6 is 0 Å². The molecular weight excluding hydrogens is 440 g/mol. The van der Waals surface area contributed by atoms with Gasteiger partial charge in [0.1, 0.15) is 11.3 Å². The number of carbonyl (C=O) groups is 2. The van der Waals surface area contributed by atoms with Gasteiger partial charge in [0.25, 0.3) is 10.0 Å². The second-order valence-corrected chi connectivity index (χ2v) is 9.16. The molecule has 1 aliphatic heterocycles. The fourth-order valence-corrected chi connectivity index (χ4v) is 4.82. The summed E-state index contributed by atoms with van der Waals surface area (Å²) < 4.78 is 27.6. The first-order chi connectivity index (χ1) is 15.9. The molecule has 0 saturated carbocycles. The van der Waals surface area contributed by atoms with Crippen molar-refractivity contribution in [2.24, 2.45) is 0 Å². The predicted molar refractivity (Wildman–Crippen MR) is 126 cm³/mol. The highest BCUT2D eigenvalue weighted by atomic mass is 32.2. The number of hydrogen-bond acceptors (Lipinski definition) is 5. The third kappa shape index (κ3) is 3.90. The van der Waals surface area contributed by atoms with E-state index in [1.54, 1.807) is 36.4 Å². The Labute approximate surface area is 189 Å². The Bertz CT molecular complexity index is 1490. The van der Waals surface area contributed by atoms with E-state index < -0.39 is 10.0 Å². The van der Waals surface area contributed by atoms with E-state index in [9.17, 15) is 18.0 Å². The zero-order chi connectivity index (χ0) is 23.0. The van der Waals surface area contributed by atoms with Crippen molar-refractivity contribution in [1.29, 1.82) is 0 Å². The Kier molecular flexibility index (Phi) is 5.02. The lowest BCUT2D eigenvalue weighted by Gasteiger charge is -2.23. The van der Waals surface area contributed by atoms with Gasteiger partial charge in [-0.15, -0.1) is 0 Å². The second kappa shape index (κ2) is 8.03. The summed E-state index contributed by atoms with van der Waals surface area (Å²) in [5.41, 5.74) is 1.95. The smallest absolute Gasteiger partial charge is 0.263 e. The van der Waals surface area contributed by atoms with E-state index >= 15 is 0 Å². The normalized spacial score (nSPS) is 13.9. The molecule has 2 N–H and O–H groups in total. The molecule has 33 heavy (non-hydrogen) atoms. The number of rotatable bonds is 4. The summed E-state index contributed by atoms with van der Waals surface area (Å²) in [4.78, 5) is 30.7. The molecule has 9 heteroatoms. The van der Waals surface area contributed by atoms with Crippen molar-refractivity contribution in [3.8, 4) is 0 Å². The Morgan fingerprint density at radius 2 is 1.70 bits per heavy atom. The number of amides is 2. The van der Waals surface area contributed by atoms with Crippen LogP contribution in [0, 0.1) is 0 Å². The van der Waals surface area contributed by atoms with Gasteiger partial charge in [-0.3, -0.25) is 24.2 Å². The fourth-order valence-electron chi connectivity index (χ4n) is 3.79. The lowest BCUT2D eigenvalue weighted by Crippen LogP contribution is -2.26. The van der Waals surface area contributed by atoms with E-state index in [0.717, 1.165) is 10.8 Å². The molecule has 8 nitrogen and oxygen atoms in total. The van der Waals surface area contributed by atoms with Gasteiger partial charge in [0.15, 0.2) is 0 Å². The molecule has 1 aromatic heterocycles. The summed E-state index contributed by atoms with van der Waals surface area (Å²) in [5.74, 6) is -0.772. The molecule has 2 heterocycles. The first-order valence-electron chi connectivity index (χ1n) is 10.1. The summed E-state index contributed by atoms with van der Waals surface area (Å²) in [6.45, 7) is 0. The van der Waals surface area contributed by atoms with Crippen molar-refractivity contribution < 1.29 is 18.0 Å². The zero-order valence-corrected chi connectivity index (χ0v) is 18.0. The standard InChI is InChI=1S/C24H18N4O4S/c29-22-14-23(30)28(21-12-7-16-4-1-2-6-20(16)24(21)26-22)18-10-8-17(9-11-18)27-33(31,32)19-5-3-13-25-15-19/h1-13,15,27H,14H2,(H,26,29). The molecule has 0 bridgehead atoms. The average Bonchev–Trinajstić information content (AvgIpc) is 2.94. The van der Waals surface area contributed by atoms with Crippen LogP contribution in [-0.2, 0) is 19.6 Å². The number of fused-ring (bicyclic) bond motifs is 3. The van der Waals surface area contributed by atoms with Gasteiger partial charge < -0.3 is 5.32 Å². The van der Waals surface area contributed by atoms with Crippen LogP contribution in [0.25, 0.3) is 10.8 Å². The maximum absolute atomic E-state index is 13.0. The van der Waals surface area contributed by atoms with Crippen LogP contribution in [0.5, 0.6) is 0 Å². The average molecular weight is 458 g/mol. The number of sulfonamides is 1. The van der Waals surface area contributed by atoms with Gasteiger partial charge in [0, 0.05) is 29.2 Å². The highest BCUT2D eigenvalue weighted by molar-refractivity contribution is 7.92. The van der Waals surface area contributed by atoms with Crippen LogP contribution in [0.4, 0.5) is 22.7 Å². The van der Waals surface area contributed by atoms with Crippen LogP contribution < -0.4 is 14.9 Å². The Balaban J connectivity index is 1.52. The maximum Gasteiger partial charge on any atom is 0.263 e. The summed E-state index contributed by atoms with van der Waals surface area (Å²) in [7, 11) is -3.80. The molecule has 4 aromatic rings. The molecule has 0 fully saturated rings. The summed E-state index contributed by atoms with van der Waals surface area (Å²) >= 11 is 0. The monoisotopic (exact) mass is 458 g/mol. The summed E-state index contributed by atoms with van der Waals surface area (Å²) in [6, 6.07) is 20.7. The maximum atomic E-state index is 13.0. The van der Waals surface area contributed by atoms with Crippen molar-refractivity contribution in [2.45, 2.75) is 11.3 Å². The summed E-state index contributed by atoms with van der Waals surface area (Å²) in [6.07, 6.45) is 2.45. The zero-order valence-electron chi connectivity index (χ0n) is 17.2. The van der Waals surface area contributed by atoms with E-state index in [1.165, 1.54) is 23.4 Å². The topological polar surface area (TPSA) is 108 Å². The number of pyridine rings is 1. The third-order valence-corrected chi connectivity index (χ3v) is 6.66. The molecule has 1 aliphatic rings. The fraction of sp³-hybridized carbons (Fsp3) is 0.0417. The molecule has 0 spiro atoms. The lowest BCUT2D eigenvalue weighted by molar-refractivity contribution is -0.124. The van der Waals surface area contributed by atoms with Crippen LogP contribution in [-0.4, -0.2) is 25.2 Å². The molecule has 0 unspecified atom stereocenters. The van der Waals surface area contributed by atoms with Crippen LogP contribution in [0.3, 0.4) is 0 Å². The highest BCUT2D eigenvalue weighted by Gasteiger charge is 2.28. The van der Waals surface area contributed by atoms with Crippen LogP contribution in [0.15, 0.2) is 90.1 Å². The first-order valence-corrected chi connectivity index (χ1v) is 11.6. The van der Waals surface area contributed by atoms with Gasteiger partial charge in [-0.2, -0.15) is 0 Å². The van der Waals surface area contributed by atoms with E-state index in [-0.39, 0.29) is 23.1 Å². The number of benzene rings is 3. The van der Waals surface area contributed by atoms with Gasteiger partial charge in [0.2, 0.25) is 11.8 Å². The Hall–Kier alpha value is -4.24. The number of aromatic nitrogens is 1. The quantitative estimate of drug-likeness (QED) is 0.449. The number of nitrogens with one attached hydrogen (secondary N) is 2. The lowest BCUT2D eigenvalue weighted by atomic mass is 10.1. The van der Waals surface area contributed by atoms with Crippen molar-refractivity contribution in [2.75, 3.05) is 14.9 Å². The molecule has 0 aliphatic carbocycles.